The Bertz CT molecular complexity index is 848. The molecule has 2 aromatic heterocycles. The van der Waals surface area contributed by atoms with E-state index < -0.39 is 0 Å². The Balaban J connectivity index is 1.80. The van der Waals surface area contributed by atoms with Crippen molar-refractivity contribution < 1.29 is 4.79 Å². The quantitative estimate of drug-likeness (QED) is 0.730. The van der Waals surface area contributed by atoms with Crippen LogP contribution in [0.1, 0.15) is 40.5 Å². The molecule has 24 heavy (non-hydrogen) atoms. The van der Waals surface area contributed by atoms with Crippen molar-refractivity contribution in [3.8, 4) is 10.6 Å². The van der Waals surface area contributed by atoms with Crippen LogP contribution in [0.4, 0.5) is 5.82 Å². The molecule has 0 saturated heterocycles. The third-order valence-corrected chi connectivity index (χ3v) is 5.07. The molecule has 0 aliphatic heterocycles. The van der Waals surface area contributed by atoms with Crippen LogP contribution in [0, 0.1) is 6.92 Å². The van der Waals surface area contributed by atoms with Crippen molar-refractivity contribution in [3.05, 3.63) is 52.2 Å². The Morgan fingerprint density at radius 2 is 1.96 bits per heavy atom. The summed E-state index contributed by atoms with van der Waals surface area (Å²) in [5.41, 5.74) is 4.05. The number of hydrogen-bond donors (Lipinski definition) is 2. The van der Waals surface area contributed by atoms with Gasteiger partial charge < -0.3 is 5.32 Å². The normalized spacial score (nSPS) is 10.8. The number of aryl methyl sites for hydroxylation is 3. The number of rotatable bonds is 5. The van der Waals surface area contributed by atoms with E-state index in [1.807, 2.05) is 19.9 Å². The number of anilines is 1. The maximum Gasteiger partial charge on any atom is 0.268 e. The Morgan fingerprint density at radius 3 is 2.58 bits per heavy atom. The molecule has 5 nitrogen and oxygen atoms in total. The molecule has 1 amide bonds. The minimum absolute atomic E-state index is 0.171. The molecule has 0 aliphatic carbocycles. The molecule has 2 N–H and O–H groups in total. The zero-order valence-corrected chi connectivity index (χ0v) is 14.8. The number of aromatic amines is 1. The monoisotopic (exact) mass is 340 g/mol. The fourth-order valence-corrected chi connectivity index (χ4v) is 3.36. The Hall–Kier alpha value is -2.47. The van der Waals surface area contributed by atoms with E-state index in [0.717, 1.165) is 34.8 Å². The average molecular weight is 340 g/mol. The first-order valence-electron chi connectivity index (χ1n) is 8.03. The summed E-state index contributed by atoms with van der Waals surface area (Å²) in [7, 11) is 0. The van der Waals surface area contributed by atoms with E-state index in [9.17, 15) is 4.79 Å². The van der Waals surface area contributed by atoms with Crippen LogP contribution in [-0.2, 0) is 12.8 Å². The molecule has 3 aromatic rings. The molecule has 0 atom stereocenters. The van der Waals surface area contributed by atoms with E-state index in [4.69, 9.17) is 0 Å². The van der Waals surface area contributed by atoms with Gasteiger partial charge in [-0.1, -0.05) is 38.1 Å². The van der Waals surface area contributed by atoms with Crippen molar-refractivity contribution in [3.63, 3.8) is 0 Å². The minimum atomic E-state index is -0.171. The lowest BCUT2D eigenvalue weighted by atomic mass is 10.1. The average Bonchev–Trinajstić information content (AvgIpc) is 3.21. The summed E-state index contributed by atoms with van der Waals surface area (Å²) in [6.45, 7) is 6.02. The fraction of sp³-hybridized carbons (Fsp3) is 0.278. The van der Waals surface area contributed by atoms with Gasteiger partial charge in [0.1, 0.15) is 9.88 Å². The molecule has 0 aliphatic rings. The molecule has 0 fully saturated rings. The van der Waals surface area contributed by atoms with E-state index in [1.54, 1.807) is 0 Å². The number of amides is 1. The third kappa shape index (κ3) is 3.38. The van der Waals surface area contributed by atoms with Crippen molar-refractivity contribution in [1.29, 1.82) is 0 Å². The molecule has 0 bridgehead atoms. The van der Waals surface area contributed by atoms with Crippen LogP contribution < -0.4 is 5.32 Å². The summed E-state index contributed by atoms with van der Waals surface area (Å²) in [6.07, 6.45) is 1.86. The first kappa shape index (κ1) is 16.4. The zero-order chi connectivity index (χ0) is 17.1. The summed E-state index contributed by atoms with van der Waals surface area (Å²) in [5.74, 6) is 0.370. The summed E-state index contributed by atoms with van der Waals surface area (Å²) in [4.78, 5) is 17.6. The van der Waals surface area contributed by atoms with Crippen molar-refractivity contribution in [1.82, 2.24) is 15.2 Å². The largest absolute Gasteiger partial charge is 0.304 e. The van der Waals surface area contributed by atoms with Gasteiger partial charge in [0, 0.05) is 17.3 Å². The topological polar surface area (TPSA) is 70.7 Å². The third-order valence-electron chi connectivity index (χ3n) is 3.87. The van der Waals surface area contributed by atoms with Gasteiger partial charge in [-0.15, -0.1) is 11.3 Å². The van der Waals surface area contributed by atoms with E-state index in [-0.39, 0.29) is 5.91 Å². The number of carbonyl (C=O) groups is 1. The molecule has 3 rings (SSSR count). The van der Waals surface area contributed by atoms with Crippen LogP contribution in [0.15, 0.2) is 30.3 Å². The van der Waals surface area contributed by atoms with E-state index >= 15 is 0 Å². The van der Waals surface area contributed by atoms with E-state index in [2.05, 4.69) is 51.7 Å². The van der Waals surface area contributed by atoms with Crippen LogP contribution in [0.3, 0.4) is 0 Å². The molecule has 0 radical (unpaired) electrons. The summed E-state index contributed by atoms with van der Waals surface area (Å²) in [5, 5.41) is 10.7. The first-order chi connectivity index (χ1) is 11.6. The van der Waals surface area contributed by atoms with Gasteiger partial charge in [0.25, 0.3) is 5.91 Å². The molecule has 0 saturated carbocycles. The van der Waals surface area contributed by atoms with Crippen molar-refractivity contribution in [2.45, 2.75) is 33.6 Å². The van der Waals surface area contributed by atoms with Gasteiger partial charge in [0.05, 0.1) is 5.69 Å². The van der Waals surface area contributed by atoms with Crippen LogP contribution >= 0.6 is 11.3 Å². The minimum Gasteiger partial charge on any atom is -0.304 e. The highest BCUT2D eigenvalue weighted by Crippen LogP contribution is 2.28. The highest BCUT2D eigenvalue weighted by atomic mass is 32.1. The van der Waals surface area contributed by atoms with E-state index in [1.165, 1.54) is 16.9 Å². The highest BCUT2D eigenvalue weighted by Gasteiger charge is 2.17. The van der Waals surface area contributed by atoms with Crippen LogP contribution in [0.2, 0.25) is 0 Å². The maximum atomic E-state index is 12.5. The lowest BCUT2D eigenvalue weighted by Gasteiger charge is -1.99. The van der Waals surface area contributed by atoms with Gasteiger partial charge in [0.2, 0.25) is 0 Å². The molecular formula is C18H20N4OS. The number of H-pyrrole nitrogens is 1. The van der Waals surface area contributed by atoms with Gasteiger partial charge in [-0.25, -0.2) is 4.98 Å². The SMILES string of the molecule is CCc1ccc(-c2nc(C)c(C(=O)Nc3cc(CC)[nH]n3)s2)cc1. The maximum absolute atomic E-state index is 12.5. The molecular weight excluding hydrogens is 320 g/mol. The lowest BCUT2D eigenvalue weighted by molar-refractivity contribution is 0.102. The first-order valence-corrected chi connectivity index (χ1v) is 8.84. The lowest BCUT2D eigenvalue weighted by Crippen LogP contribution is -2.11. The Labute approximate surface area is 145 Å². The second-order valence-corrected chi connectivity index (χ2v) is 6.57. The second kappa shape index (κ2) is 6.97. The van der Waals surface area contributed by atoms with Crippen molar-refractivity contribution in [2.75, 3.05) is 5.32 Å². The van der Waals surface area contributed by atoms with Crippen LogP contribution in [0.5, 0.6) is 0 Å². The number of hydrogen-bond acceptors (Lipinski definition) is 4. The fourth-order valence-electron chi connectivity index (χ4n) is 2.39. The van der Waals surface area contributed by atoms with Crippen molar-refractivity contribution in [2.24, 2.45) is 0 Å². The smallest absolute Gasteiger partial charge is 0.268 e. The Morgan fingerprint density at radius 1 is 1.21 bits per heavy atom. The van der Waals surface area contributed by atoms with Gasteiger partial charge in [-0.05, 0) is 25.3 Å². The molecule has 124 valence electrons. The van der Waals surface area contributed by atoms with Crippen molar-refractivity contribution >= 4 is 23.1 Å². The van der Waals surface area contributed by atoms with E-state index in [0.29, 0.717) is 10.7 Å². The second-order valence-electron chi connectivity index (χ2n) is 5.57. The summed E-state index contributed by atoms with van der Waals surface area (Å²) in [6, 6.07) is 10.2. The van der Waals surface area contributed by atoms with Gasteiger partial charge in [-0.3, -0.25) is 9.89 Å². The Kier molecular flexibility index (Phi) is 4.76. The predicted molar refractivity (Wildman–Crippen MR) is 97.6 cm³/mol. The van der Waals surface area contributed by atoms with Crippen LogP contribution in [-0.4, -0.2) is 21.1 Å². The summed E-state index contributed by atoms with van der Waals surface area (Å²) >= 11 is 1.40. The number of benzene rings is 1. The molecule has 0 unspecified atom stereocenters. The molecule has 6 heteroatoms. The molecule has 2 heterocycles. The number of carbonyl (C=O) groups excluding carboxylic acids is 1. The van der Waals surface area contributed by atoms with Gasteiger partial charge in [0.15, 0.2) is 5.82 Å². The number of nitrogens with one attached hydrogen (secondary N) is 2. The number of thiazole rings is 1. The van der Waals surface area contributed by atoms with Gasteiger partial charge in [-0.2, -0.15) is 5.10 Å². The standard InChI is InChI=1S/C18H20N4OS/c1-4-12-6-8-13(9-7-12)18-19-11(3)16(24-18)17(23)20-15-10-14(5-2)21-22-15/h6-10H,4-5H2,1-3H3,(H2,20,21,22,23). The number of nitrogens with zero attached hydrogens (tertiary/aromatic N) is 2. The highest BCUT2D eigenvalue weighted by molar-refractivity contribution is 7.17. The molecule has 1 aromatic carbocycles. The number of aromatic nitrogens is 3. The zero-order valence-electron chi connectivity index (χ0n) is 14.0. The summed E-state index contributed by atoms with van der Waals surface area (Å²) < 4.78 is 0. The van der Waals surface area contributed by atoms with Gasteiger partial charge >= 0.3 is 0 Å². The predicted octanol–water partition coefficient (Wildman–Crippen LogP) is 4.22. The molecule has 0 spiro atoms. The van der Waals surface area contributed by atoms with Crippen LogP contribution in [0.25, 0.3) is 10.6 Å².